The van der Waals surface area contributed by atoms with Crippen molar-refractivity contribution in [3.63, 3.8) is 0 Å². The topological polar surface area (TPSA) is 57.7 Å². The highest BCUT2D eigenvalue weighted by Crippen LogP contribution is 2.28. The summed E-state index contributed by atoms with van der Waals surface area (Å²) in [5.41, 5.74) is 3.00. The minimum Gasteiger partial charge on any atom is -0.263 e. The van der Waals surface area contributed by atoms with Gasteiger partial charge in [0.2, 0.25) is 0 Å². The van der Waals surface area contributed by atoms with Crippen molar-refractivity contribution >= 4 is 17.8 Å². The molecule has 0 aromatic heterocycles. The van der Waals surface area contributed by atoms with E-state index < -0.39 is 17.8 Å². The van der Waals surface area contributed by atoms with Crippen LogP contribution in [-0.4, -0.2) is 33.7 Å². The molecule has 5 heteroatoms. The van der Waals surface area contributed by atoms with Gasteiger partial charge in [-0.2, -0.15) is 0 Å². The Bertz CT molecular complexity index is 839. The summed E-state index contributed by atoms with van der Waals surface area (Å²) in [4.78, 5) is 39.4. The fraction of sp³-hybridized carbons (Fsp3) is 0.286. The van der Waals surface area contributed by atoms with Crippen LogP contribution in [0.15, 0.2) is 54.6 Å². The van der Waals surface area contributed by atoms with Crippen molar-refractivity contribution in [2.75, 3.05) is 0 Å². The van der Waals surface area contributed by atoms with Gasteiger partial charge in [-0.1, -0.05) is 67.4 Å². The number of nitrogens with zero attached hydrogens (tertiary/aromatic N) is 2. The lowest BCUT2D eigenvalue weighted by Crippen LogP contribution is -2.39. The molecule has 2 aromatic rings. The van der Waals surface area contributed by atoms with Gasteiger partial charge in [0.05, 0.1) is 6.54 Å². The lowest BCUT2D eigenvalue weighted by atomic mass is 10.0. The normalized spacial score (nSPS) is 18.2. The van der Waals surface area contributed by atoms with Crippen molar-refractivity contribution in [3.8, 4) is 11.1 Å². The van der Waals surface area contributed by atoms with Gasteiger partial charge < -0.3 is 0 Å². The van der Waals surface area contributed by atoms with Crippen LogP contribution in [0.5, 0.6) is 0 Å². The number of benzene rings is 2. The number of carbonyl (C=O) groups is 3. The molecule has 5 nitrogen and oxygen atoms in total. The maximum absolute atomic E-state index is 12.6. The van der Waals surface area contributed by atoms with Crippen LogP contribution < -0.4 is 0 Å². The van der Waals surface area contributed by atoms with Gasteiger partial charge >= 0.3 is 17.8 Å². The highest BCUT2D eigenvalue weighted by molar-refractivity contribution is 6.44. The van der Waals surface area contributed by atoms with Crippen molar-refractivity contribution in [1.29, 1.82) is 0 Å². The lowest BCUT2D eigenvalue weighted by Gasteiger charge is -2.21. The molecule has 26 heavy (non-hydrogen) atoms. The zero-order valence-electron chi connectivity index (χ0n) is 14.4. The highest BCUT2D eigenvalue weighted by atomic mass is 16.2. The third-order valence-corrected chi connectivity index (χ3v) is 5.18. The third kappa shape index (κ3) is 2.90. The van der Waals surface area contributed by atoms with Gasteiger partial charge in [-0.25, -0.2) is 4.79 Å². The Morgan fingerprint density at radius 1 is 0.769 bits per heavy atom. The molecule has 0 unspecified atom stereocenters. The molecule has 0 N–H and O–H groups in total. The standard InChI is InChI=1S/C21H20N2O3/c24-19-20(25)23(18-8-4-5-9-18)21(26)22(19)14-15-10-12-17(13-11-15)16-6-2-1-3-7-16/h1-3,6-7,10-13,18H,4-5,8-9,14H2. The first-order valence-electron chi connectivity index (χ1n) is 8.98. The zero-order valence-corrected chi connectivity index (χ0v) is 14.4. The van der Waals surface area contributed by atoms with E-state index in [1.807, 2.05) is 54.6 Å². The van der Waals surface area contributed by atoms with E-state index in [9.17, 15) is 14.4 Å². The molecule has 2 aliphatic rings. The second kappa shape index (κ2) is 6.75. The number of amides is 4. The largest absolute Gasteiger partial charge is 0.334 e. The van der Waals surface area contributed by atoms with Gasteiger partial charge in [0.15, 0.2) is 0 Å². The molecule has 1 saturated heterocycles. The highest BCUT2D eigenvalue weighted by Gasteiger charge is 2.47. The van der Waals surface area contributed by atoms with Crippen LogP contribution >= 0.6 is 0 Å². The number of imide groups is 2. The summed E-state index contributed by atoms with van der Waals surface area (Å²) in [5.74, 6) is -1.39. The van der Waals surface area contributed by atoms with Crippen molar-refractivity contribution in [1.82, 2.24) is 9.80 Å². The number of hydrogen-bond donors (Lipinski definition) is 0. The van der Waals surface area contributed by atoms with E-state index in [1.54, 1.807) is 0 Å². The molecule has 1 aliphatic heterocycles. The molecule has 1 saturated carbocycles. The summed E-state index contributed by atoms with van der Waals surface area (Å²) in [6, 6.07) is 17.1. The second-order valence-electron chi connectivity index (χ2n) is 6.85. The summed E-state index contributed by atoms with van der Waals surface area (Å²) < 4.78 is 0. The molecule has 1 aliphatic carbocycles. The molecule has 0 bridgehead atoms. The van der Waals surface area contributed by atoms with E-state index >= 15 is 0 Å². The van der Waals surface area contributed by atoms with Crippen LogP contribution in [0.4, 0.5) is 4.79 Å². The SMILES string of the molecule is O=C1C(=O)N(C2CCCC2)C(=O)N1Cc1ccc(-c2ccccc2)cc1. The van der Waals surface area contributed by atoms with Crippen LogP contribution in [-0.2, 0) is 16.1 Å². The fourth-order valence-electron chi connectivity index (χ4n) is 3.76. The summed E-state index contributed by atoms with van der Waals surface area (Å²) in [6.45, 7) is 0.127. The molecule has 4 amide bonds. The van der Waals surface area contributed by atoms with Crippen molar-refractivity contribution in [2.45, 2.75) is 38.3 Å². The summed E-state index contributed by atoms with van der Waals surface area (Å²) in [7, 11) is 0. The smallest absolute Gasteiger partial charge is 0.263 e. The van der Waals surface area contributed by atoms with Crippen LogP contribution in [0.25, 0.3) is 11.1 Å². The van der Waals surface area contributed by atoms with Crippen LogP contribution in [0.3, 0.4) is 0 Å². The molecule has 2 aromatic carbocycles. The number of urea groups is 1. The summed E-state index contributed by atoms with van der Waals surface area (Å²) in [6.07, 6.45) is 3.59. The van der Waals surface area contributed by atoms with Gasteiger partial charge in [0.25, 0.3) is 0 Å². The van der Waals surface area contributed by atoms with Gasteiger partial charge in [0, 0.05) is 6.04 Å². The minimum atomic E-state index is -0.714. The maximum Gasteiger partial charge on any atom is 0.334 e. The Labute approximate surface area is 152 Å². The molecule has 132 valence electrons. The third-order valence-electron chi connectivity index (χ3n) is 5.18. The molecule has 0 radical (unpaired) electrons. The molecule has 1 heterocycles. The van der Waals surface area contributed by atoms with Gasteiger partial charge in [-0.05, 0) is 29.5 Å². The first-order valence-corrected chi connectivity index (χ1v) is 8.98. The first kappa shape index (κ1) is 16.5. The van der Waals surface area contributed by atoms with E-state index in [4.69, 9.17) is 0 Å². The van der Waals surface area contributed by atoms with E-state index in [-0.39, 0.29) is 12.6 Å². The van der Waals surface area contributed by atoms with E-state index in [0.717, 1.165) is 47.3 Å². The van der Waals surface area contributed by atoms with Crippen molar-refractivity contribution < 1.29 is 14.4 Å². The second-order valence-corrected chi connectivity index (χ2v) is 6.85. The average molecular weight is 348 g/mol. The predicted molar refractivity (Wildman–Crippen MR) is 96.9 cm³/mol. The quantitative estimate of drug-likeness (QED) is 0.627. The summed E-state index contributed by atoms with van der Waals surface area (Å²) in [5, 5.41) is 0. The lowest BCUT2D eigenvalue weighted by molar-refractivity contribution is -0.144. The molecular formula is C21H20N2O3. The maximum atomic E-state index is 12.6. The number of carbonyl (C=O) groups excluding carboxylic acids is 3. The predicted octanol–water partition coefficient (Wildman–Crippen LogP) is 3.59. The Morgan fingerprint density at radius 2 is 1.38 bits per heavy atom. The molecule has 2 fully saturated rings. The van der Waals surface area contributed by atoms with E-state index in [2.05, 4.69) is 0 Å². The van der Waals surface area contributed by atoms with Crippen LogP contribution in [0.1, 0.15) is 31.2 Å². The van der Waals surface area contributed by atoms with E-state index in [1.165, 1.54) is 4.90 Å². The zero-order chi connectivity index (χ0) is 18.1. The van der Waals surface area contributed by atoms with Crippen LogP contribution in [0.2, 0.25) is 0 Å². The first-order chi connectivity index (χ1) is 12.6. The Kier molecular flexibility index (Phi) is 4.29. The fourth-order valence-corrected chi connectivity index (χ4v) is 3.76. The van der Waals surface area contributed by atoms with Gasteiger partial charge in [-0.15, -0.1) is 0 Å². The number of hydrogen-bond acceptors (Lipinski definition) is 3. The van der Waals surface area contributed by atoms with Crippen molar-refractivity contribution in [3.05, 3.63) is 60.2 Å². The molecule has 0 atom stereocenters. The molecule has 4 rings (SSSR count). The molecular weight excluding hydrogens is 328 g/mol. The Morgan fingerprint density at radius 3 is 2.04 bits per heavy atom. The van der Waals surface area contributed by atoms with Gasteiger partial charge in [-0.3, -0.25) is 19.4 Å². The monoisotopic (exact) mass is 348 g/mol. The van der Waals surface area contributed by atoms with E-state index in [0.29, 0.717) is 0 Å². The Hall–Kier alpha value is -2.95. The molecule has 0 spiro atoms. The van der Waals surface area contributed by atoms with Gasteiger partial charge in [0.1, 0.15) is 0 Å². The number of rotatable bonds is 4. The summed E-state index contributed by atoms with van der Waals surface area (Å²) >= 11 is 0. The average Bonchev–Trinajstić information content (AvgIpc) is 3.27. The Balaban J connectivity index is 1.51. The van der Waals surface area contributed by atoms with Crippen LogP contribution in [0, 0.1) is 0 Å². The van der Waals surface area contributed by atoms with Crippen molar-refractivity contribution in [2.24, 2.45) is 0 Å². The minimum absolute atomic E-state index is 0.121.